The molecule has 0 saturated heterocycles. The van der Waals surface area contributed by atoms with E-state index in [1.165, 1.54) is 18.3 Å². The molecule has 0 aliphatic carbocycles. The van der Waals surface area contributed by atoms with Crippen LogP contribution in [0.25, 0.3) is 10.2 Å². The van der Waals surface area contributed by atoms with Gasteiger partial charge in [-0.3, -0.25) is 4.79 Å². The molecule has 72 valence electrons. The minimum absolute atomic E-state index is 0.231. The first kappa shape index (κ1) is 9.43. The summed E-state index contributed by atoms with van der Waals surface area (Å²) < 4.78 is 2.05. The van der Waals surface area contributed by atoms with Crippen molar-refractivity contribution in [1.82, 2.24) is 4.98 Å². The smallest absolute Gasteiger partial charge is 0.240 e. The average Bonchev–Trinajstić information content (AvgIpc) is 2.59. The Morgan fingerprint density at radius 2 is 2.21 bits per heavy atom. The van der Waals surface area contributed by atoms with Gasteiger partial charge in [0.1, 0.15) is 0 Å². The van der Waals surface area contributed by atoms with Gasteiger partial charge in [0.05, 0.1) is 10.2 Å². The minimum Gasteiger partial charge on any atom is -0.273 e. The molecule has 0 fully saturated rings. The van der Waals surface area contributed by atoms with Crippen LogP contribution in [0.3, 0.4) is 0 Å². The van der Waals surface area contributed by atoms with E-state index in [1.807, 2.05) is 24.3 Å². The first-order valence-corrected chi connectivity index (χ1v) is 5.16. The van der Waals surface area contributed by atoms with Gasteiger partial charge in [0.2, 0.25) is 11.0 Å². The third-order valence-corrected chi connectivity index (χ3v) is 3.25. The molecular formula is C9H7ClN2OS. The molecule has 1 heterocycles. The molecule has 2 aromatic rings. The number of thiazole rings is 1. The molecule has 0 bridgehead atoms. The quantitative estimate of drug-likeness (QED) is 0.701. The molecule has 0 aliphatic heterocycles. The summed E-state index contributed by atoms with van der Waals surface area (Å²) in [5, 5.41) is 0.514. The zero-order valence-electron chi connectivity index (χ0n) is 7.40. The Balaban J connectivity index is 2.50. The molecule has 0 spiro atoms. The second-order valence-electron chi connectivity index (χ2n) is 2.76. The monoisotopic (exact) mass is 226 g/mol. The van der Waals surface area contributed by atoms with Crippen molar-refractivity contribution in [2.24, 2.45) is 0 Å². The van der Waals surface area contributed by atoms with E-state index in [1.54, 1.807) is 0 Å². The van der Waals surface area contributed by atoms with Gasteiger partial charge in [-0.15, -0.1) is 0 Å². The van der Waals surface area contributed by atoms with E-state index in [2.05, 4.69) is 4.98 Å². The fourth-order valence-electron chi connectivity index (χ4n) is 1.08. The maximum absolute atomic E-state index is 11.0. The number of carbonyl (C=O) groups is 1. The molecule has 1 aromatic heterocycles. The third kappa shape index (κ3) is 1.58. The zero-order valence-corrected chi connectivity index (χ0v) is 8.97. The van der Waals surface area contributed by atoms with Crippen LogP contribution >= 0.6 is 23.1 Å². The number of carbonyl (C=O) groups excluding carboxylic acids is 1. The van der Waals surface area contributed by atoms with E-state index in [4.69, 9.17) is 11.8 Å². The number of hydrogen-bond acceptors (Lipinski definition) is 3. The van der Waals surface area contributed by atoms with Crippen LogP contribution in [0.1, 0.15) is 6.92 Å². The molecule has 0 atom stereocenters. The Hall–Kier alpha value is -1.13. The van der Waals surface area contributed by atoms with Crippen molar-refractivity contribution >= 4 is 44.4 Å². The lowest BCUT2D eigenvalue weighted by Crippen LogP contribution is -2.15. The highest BCUT2D eigenvalue weighted by Crippen LogP contribution is 2.29. The number of fused-ring (bicyclic) bond motifs is 1. The number of anilines is 1. The Bertz CT molecular complexity index is 449. The molecule has 0 radical (unpaired) electrons. The third-order valence-electron chi connectivity index (χ3n) is 1.73. The van der Waals surface area contributed by atoms with Crippen LogP contribution in [0.2, 0.25) is 0 Å². The summed E-state index contributed by atoms with van der Waals surface area (Å²) in [6, 6.07) is 7.66. The van der Waals surface area contributed by atoms with Crippen LogP contribution in [0.4, 0.5) is 5.13 Å². The van der Waals surface area contributed by atoms with Gasteiger partial charge in [0, 0.05) is 18.7 Å². The van der Waals surface area contributed by atoms with Crippen LogP contribution in [-0.2, 0) is 4.79 Å². The predicted molar refractivity (Wildman–Crippen MR) is 58.6 cm³/mol. The lowest BCUT2D eigenvalue weighted by atomic mass is 10.3. The van der Waals surface area contributed by atoms with Crippen molar-refractivity contribution in [2.45, 2.75) is 6.92 Å². The minimum atomic E-state index is -0.231. The van der Waals surface area contributed by atoms with E-state index in [9.17, 15) is 4.79 Å². The summed E-state index contributed by atoms with van der Waals surface area (Å²) in [6.07, 6.45) is 0. The first-order chi connectivity index (χ1) is 6.68. The Kier molecular flexibility index (Phi) is 2.39. The number of aromatic nitrogens is 1. The van der Waals surface area contributed by atoms with Gasteiger partial charge in [-0.25, -0.2) is 4.98 Å². The molecule has 1 aromatic carbocycles. The fraction of sp³-hybridized carbons (Fsp3) is 0.111. The van der Waals surface area contributed by atoms with Crippen LogP contribution in [0.15, 0.2) is 24.3 Å². The van der Waals surface area contributed by atoms with Crippen molar-refractivity contribution in [3.63, 3.8) is 0 Å². The summed E-state index contributed by atoms with van der Waals surface area (Å²) in [6.45, 7) is 1.40. The van der Waals surface area contributed by atoms with E-state index >= 15 is 0 Å². The Labute approximate surface area is 90.0 Å². The SMILES string of the molecule is CC(=O)N(Cl)c1nc2ccccc2s1. The average molecular weight is 227 g/mol. The van der Waals surface area contributed by atoms with Gasteiger partial charge >= 0.3 is 0 Å². The highest BCUT2D eigenvalue weighted by molar-refractivity contribution is 7.22. The maximum Gasteiger partial charge on any atom is 0.240 e. The van der Waals surface area contributed by atoms with Gasteiger partial charge < -0.3 is 0 Å². The maximum atomic E-state index is 11.0. The molecule has 0 aliphatic rings. The van der Waals surface area contributed by atoms with Crippen molar-refractivity contribution in [2.75, 3.05) is 4.42 Å². The van der Waals surface area contributed by atoms with Gasteiger partial charge in [-0.05, 0) is 12.1 Å². The van der Waals surface area contributed by atoms with Crippen molar-refractivity contribution in [1.29, 1.82) is 0 Å². The van der Waals surface area contributed by atoms with Gasteiger partial charge in [-0.2, -0.15) is 4.42 Å². The molecule has 14 heavy (non-hydrogen) atoms. The van der Waals surface area contributed by atoms with Gasteiger partial charge in [0.15, 0.2) is 0 Å². The van der Waals surface area contributed by atoms with E-state index in [0.717, 1.165) is 14.6 Å². The highest BCUT2D eigenvalue weighted by atomic mass is 35.5. The topological polar surface area (TPSA) is 33.2 Å². The number of amides is 1. The normalized spacial score (nSPS) is 10.4. The van der Waals surface area contributed by atoms with E-state index in [-0.39, 0.29) is 5.91 Å². The standard InChI is InChI=1S/C9H7ClN2OS/c1-6(13)12(10)9-11-7-4-2-3-5-8(7)14-9/h2-5H,1H3. The lowest BCUT2D eigenvalue weighted by Gasteiger charge is -2.04. The lowest BCUT2D eigenvalue weighted by molar-refractivity contribution is -0.115. The second kappa shape index (κ2) is 3.55. The Morgan fingerprint density at radius 3 is 2.86 bits per heavy atom. The predicted octanol–water partition coefficient (Wildman–Crippen LogP) is 2.80. The number of rotatable bonds is 1. The second-order valence-corrected chi connectivity index (χ2v) is 4.11. The van der Waals surface area contributed by atoms with Crippen LogP contribution in [-0.4, -0.2) is 10.9 Å². The largest absolute Gasteiger partial charge is 0.273 e. The molecule has 5 heteroatoms. The van der Waals surface area contributed by atoms with Gasteiger partial charge in [-0.1, -0.05) is 23.5 Å². The molecule has 2 rings (SSSR count). The highest BCUT2D eigenvalue weighted by Gasteiger charge is 2.13. The summed E-state index contributed by atoms with van der Waals surface area (Å²) in [5.41, 5.74) is 0.861. The van der Waals surface area contributed by atoms with E-state index < -0.39 is 0 Å². The first-order valence-electron chi connectivity index (χ1n) is 4.00. The van der Waals surface area contributed by atoms with Crippen molar-refractivity contribution < 1.29 is 4.79 Å². The van der Waals surface area contributed by atoms with Crippen molar-refractivity contribution in [3.8, 4) is 0 Å². The number of nitrogens with zero attached hydrogens (tertiary/aromatic N) is 2. The van der Waals surface area contributed by atoms with Crippen LogP contribution < -0.4 is 4.42 Å². The summed E-state index contributed by atoms with van der Waals surface area (Å²) in [4.78, 5) is 15.2. The van der Waals surface area contributed by atoms with Crippen LogP contribution in [0, 0.1) is 0 Å². The summed E-state index contributed by atoms with van der Waals surface area (Å²) >= 11 is 7.14. The number of benzene rings is 1. The number of halogens is 1. The number of hydrogen-bond donors (Lipinski definition) is 0. The summed E-state index contributed by atoms with van der Waals surface area (Å²) in [5.74, 6) is -0.231. The number of para-hydroxylation sites is 1. The summed E-state index contributed by atoms with van der Waals surface area (Å²) in [7, 11) is 0. The molecule has 0 N–H and O–H groups in total. The molecular weight excluding hydrogens is 220 g/mol. The zero-order chi connectivity index (χ0) is 10.1. The Morgan fingerprint density at radius 1 is 1.50 bits per heavy atom. The molecule has 0 saturated carbocycles. The molecule has 3 nitrogen and oxygen atoms in total. The van der Waals surface area contributed by atoms with E-state index in [0.29, 0.717) is 5.13 Å². The molecule has 1 amide bonds. The van der Waals surface area contributed by atoms with Crippen molar-refractivity contribution in [3.05, 3.63) is 24.3 Å². The fourth-order valence-corrected chi connectivity index (χ4v) is 2.13. The van der Waals surface area contributed by atoms with Crippen LogP contribution in [0.5, 0.6) is 0 Å². The van der Waals surface area contributed by atoms with Gasteiger partial charge in [0.25, 0.3) is 0 Å². The molecule has 0 unspecified atom stereocenters.